The Hall–Kier alpha value is -2.33. The smallest absolute Gasteiger partial charge is 0.238 e. The monoisotopic (exact) mass is 382 g/mol. The molecule has 0 spiro atoms. The van der Waals surface area contributed by atoms with E-state index in [2.05, 4.69) is 24.1 Å². The highest BCUT2D eigenvalue weighted by atomic mass is 16.5. The average molecular weight is 383 g/mol. The molecule has 28 heavy (non-hydrogen) atoms. The molecule has 2 aromatic carbocycles. The minimum absolute atomic E-state index is 0.0510. The second-order valence-electron chi connectivity index (χ2n) is 7.38. The Morgan fingerprint density at radius 2 is 1.50 bits per heavy atom. The summed E-state index contributed by atoms with van der Waals surface area (Å²) in [6.07, 6.45) is 4.54. The summed E-state index contributed by atoms with van der Waals surface area (Å²) in [5, 5.41) is 3.12. The molecular formula is C24H34N2O2. The molecule has 1 amide bonds. The number of unbranched alkanes of at least 4 members (excludes halogenated alkanes) is 2. The summed E-state index contributed by atoms with van der Waals surface area (Å²) in [4.78, 5) is 14.9. The number of aryl methyl sites for hydroxylation is 2. The number of rotatable bonds is 11. The van der Waals surface area contributed by atoms with Gasteiger partial charge in [0.25, 0.3) is 0 Å². The van der Waals surface area contributed by atoms with Crippen LogP contribution in [0.15, 0.2) is 42.5 Å². The maximum atomic E-state index is 12.6. The Kier molecular flexibility index (Phi) is 9.02. The van der Waals surface area contributed by atoms with Crippen LogP contribution >= 0.6 is 0 Å². The average Bonchev–Trinajstić information content (AvgIpc) is 2.67. The van der Waals surface area contributed by atoms with Gasteiger partial charge >= 0.3 is 0 Å². The van der Waals surface area contributed by atoms with Crippen LogP contribution in [0.4, 0.5) is 5.69 Å². The summed E-state index contributed by atoms with van der Waals surface area (Å²) in [7, 11) is 0. The molecule has 0 unspecified atom stereocenters. The molecule has 152 valence electrons. The maximum Gasteiger partial charge on any atom is 0.238 e. The van der Waals surface area contributed by atoms with E-state index in [9.17, 15) is 4.79 Å². The van der Waals surface area contributed by atoms with Gasteiger partial charge in [0.1, 0.15) is 11.5 Å². The number of anilines is 1. The van der Waals surface area contributed by atoms with Crippen LogP contribution in [0.25, 0.3) is 0 Å². The highest BCUT2D eigenvalue weighted by Crippen LogP contribution is 2.29. The van der Waals surface area contributed by atoms with Crippen molar-refractivity contribution in [1.29, 1.82) is 0 Å². The van der Waals surface area contributed by atoms with E-state index in [4.69, 9.17) is 4.74 Å². The van der Waals surface area contributed by atoms with Crippen molar-refractivity contribution in [2.75, 3.05) is 25.0 Å². The standard InChI is InChI=1S/C24H34N2O2/c1-5-7-14-26(15-8-6-2)18-23(27)25-24-19(3)16-22(17-20(24)4)28-21-12-10-9-11-13-21/h9-13,16-17H,5-8,14-15,18H2,1-4H3,(H,25,27). The fourth-order valence-corrected chi connectivity index (χ4v) is 3.22. The van der Waals surface area contributed by atoms with Gasteiger partial charge in [-0.1, -0.05) is 44.9 Å². The molecule has 1 N–H and O–H groups in total. The molecule has 0 saturated carbocycles. The van der Waals surface area contributed by atoms with E-state index >= 15 is 0 Å². The lowest BCUT2D eigenvalue weighted by Crippen LogP contribution is -2.35. The lowest BCUT2D eigenvalue weighted by molar-refractivity contribution is -0.117. The van der Waals surface area contributed by atoms with Gasteiger partial charge in [0, 0.05) is 5.69 Å². The summed E-state index contributed by atoms with van der Waals surface area (Å²) in [5.74, 6) is 1.64. The molecule has 2 rings (SSSR count). The summed E-state index contributed by atoms with van der Waals surface area (Å²) in [6, 6.07) is 13.7. The third kappa shape index (κ3) is 7.01. The van der Waals surface area contributed by atoms with Crippen LogP contribution in [0.3, 0.4) is 0 Å². The number of para-hydroxylation sites is 1. The van der Waals surface area contributed by atoms with Crippen LogP contribution in [-0.2, 0) is 4.79 Å². The van der Waals surface area contributed by atoms with E-state index in [1.165, 1.54) is 0 Å². The zero-order valence-corrected chi connectivity index (χ0v) is 17.8. The zero-order valence-electron chi connectivity index (χ0n) is 17.8. The van der Waals surface area contributed by atoms with E-state index < -0.39 is 0 Å². The molecule has 0 aliphatic carbocycles. The fourth-order valence-electron chi connectivity index (χ4n) is 3.22. The van der Waals surface area contributed by atoms with Crippen molar-refractivity contribution in [3.8, 4) is 11.5 Å². The molecule has 0 radical (unpaired) electrons. The largest absolute Gasteiger partial charge is 0.457 e. The molecule has 0 heterocycles. The van der Waals surface area contributed by atoms with Crippen molar-refractivity contribution in [2.24, 2.45) is 0 Å². The minimum Gasteiger partial charge on any atom is -0.457 e. The molecule has 4 nitrogen and oxygen atoms in total. The first-order chi connectivity index (χ1) is 13.5. The number of nitrogens with one attached hydrogen (secondary N) is 1. The van der Waals surface area contributed by atoms with Gasteiger partial charge in [0.15, 0.2) is 0 Å². The first kappa shape index (κ1) is 22.0. The van der Waals surface area contributed by atoms with Crippen LogP contribution in [0.2, 0.25) is 0 Å². The van der Waals surface area contributed by atoms with Crippen LogP contribution in [0.1, 0.15) is 50.7 Å². The van der Waals surface area contributed by atoms with E-state index in [1.807, 2.05) is 56.3 Å². The normalized spacial score (nSPS) is 10.9. The molecule has 0 aromatic heterocycles. The van der Waals surface area contributed by atoms with Gasteiger partial charge in [-0.05, 0) is 75.2 Å². The van der Waals surface area contributed by atoms with Gasteiger partial charge in [-0.2, -0.15) is 0 Å². The molecular weight excluding hydrogens is 348 g/mol. The van der Waals surface area contributed by atoms with Gasteiger partial charge in [0.05, 0.1) is 6.54 Å². The number of nitrogens with zero attached hydrogens (tertiary/aromatic N) is 1. The molecule has 0 aliphatic rings. The third-order valence-corrected chi connectivity index (χ3v) is 4.77. The van der Waals surface area contributed by atoms with Crippen LogP contribution in [0, 0.1) is 13.8 Å². The number of hydrogen-bond acceptors (Lipinski definition) is 3. The Balaban J connectivity index is 2.02. The SMILES string of the molecule is CCCCN(CCCC)CC(=O)Nc1c(C)cc(Oc2ccccc2)cc1C. The van der Waals surface area contributed by atoms with E-state index in [0.717, 1.165) is 67.1 Å². The van der Waals surface area contributed by atoms with E-state index in [0.29, 0.717) is 6.54 Å². The second kappa shape index (κ2) is 11.5. The predicted octanol–water partition coefficient (Wildman–Crippen LogP) is 5.94. The highest BCUT2D eigenvalue weighted by Gasteiger charge is 2.13. The number of benzene rings is 2. The predicted molar refractivity (Wildman–Crippen MR) is 117 cm³/mol. The number of amides is 1. The number of ether oxygens (including phenoxy) is 1. The van der Waals surface area contributed by atoms with Crippen molar-refractivity contribution in [1.82, 2.24) is 4.90 Å². The number of hydrogen-bond donors (Lipinski definition) is 1. The zero-order chi connectivity index (χ0) is 20.4. The summed E-state index contributed by atoms with van der Waals surface area (Å²) in [5.41, 5.74) is 2.90. The van der Waals surface area contributed by atoms with E-state index in [-0.39, 0.29) is 5.91 Å². The third-order valence-electron chi connectivity index (χ3n) is 4.77. The Bertz CT molecular complexity index is 713. The minimum atomic E-state index is 0.0510. The Morgan fingerprint density at radius 3 is 2.04 bits per heavy atom. The van der Waals surface area contributed by atoms with Gasteiger partial charge in [-0.15, -0.1) is 0 Å². The molecule has 0 atom stereocenters. The van der Waals surface area contributed by atoms with Gasteiger partial charge in [-0.25, -0.2) is 0 Å². The van der Waals surface area contributed by atoms with E-state index in [1.54, 1.807) is 0 Å². The molecule has 0 saturated heterocycles. The van der Waals surface area contributed by atoms with Gasteiger partial charge in [0.2, 0.25) is 5.91 Å². The van der Waals surface area contributed by atoms with Crippen molar-refractivity contribution in [3.63, 3.8) is 0 Å². The summed E-state index contributed by atoms with van der Waals surface area (Å²) >= 11 is 0. The van der Waals surface area contributed by atoms with Crippen molar-refractivity contribution >= 4 is 11.6 Å². The topological polar surface area (TPSA) is 41.6 Å². The number of carbonyl (C=O) groups excluding carboxylic acids is 1. The molecule has 2 aromatic rings. The van der Waals surface area contributed by atoms with Crippen molar-refractivity contribution < 1.29 is 9.53 Å². The first-order valence-electron chi connectivity index (χ1n) is 10.4. The molecule has 0 fully saturated rings. The summed E-state index contributed by atoms with van der Waals surface area (Å²) < 4.78 is 5.93. The lowest BCUT2D eigenvalue weighted by Gasteiger charge is -2.22. The second-order valence-corrected chi connectivity index (χ2v) is 7.38. The lowest BCUT2D eigenvalue weighted by atomic mass is 10.1. The maximum absolute atomic E-state index is 12.6. The van der Waals surface area contributed by atoms with Crippen LogP contribution in [0.5, 0.6) is 11.5 Å². The van der Waals surface area contributed by atoms with Crippen LogP contribution < -0.4 is 10.1 Å². The quantitative estimate of drug-likeness (QED) is 0.523. The first-order valence-corrected chi connectivity index (χ1v) is 10.4. The highest BCUT2D eigenvalue weighted by molar-refractivity contribution is 5.93. The number of carbonyl (C=O) groups is 1. The summed E-state index contributed by atoms with van der Waals surface area (Å²) in [6.45, 7) is 10.8. The molecule has 0 bridgehead atoms. The van der Waals surface area contributed by atoms with Crippen molar-refractivity contribution in [2.45, 2.75) is 53.4 Å². The van der Waals surface area contributed by atoms with Gasteiger partial charge in [-0.3, -0.25) is 9.69 Å². The Labute approximate surface area is 169 Å². The molecule has 0 aliphatic heterocycles. The molecule has 4 heteroatoms. The van der Waals surface area contributed by atoms with Gasteiger partial charge < -0.3 is 10.1 Å². The Morgan fingerprint density at radius 1 is 0.929 bits per heavy atom. The van der Waals surface area contributed by atoms with Crippen LogP contribution in [-0.4, -0.2) is 30.4 Å². The fraction of sp³-hybridized carbons (Fsp3) is 0.458. The van der Waals surface area contributed by atoms with Crippen molar-refractivity contribution in [3.05, 3.63) is 53.6 Å².